The first-order valence-electron chi connectivity index (χ1n) is 3.04. The van der Waals surface area contributed by atoms with Crippen LogP contribution in [0, 0.1) is 0 Å². The Bertz CT molecular complexity index is 263. The maximum atomic E-state index is 10.8. The molecule has 0 saturated heterocycles. The molecule has 0 radical (unpaired) electrons. The molecular weight excluding hydrogens is 167 g/mol. The molecule has 0 aliphatic rings. The Morgan fingerprint density at radius 3 is 2.42 bits per heavy atom. The normalized spacial score (nSPS) is 8.00. The molecular formula is C8H7NaO3. The molecule has 0 unspecified atom stereocenters. The van der Waals surface area contributed by atoms with Crippen LogP contribution in [0.5, 0.6) is 0 Å². The van der Waals surface area contributed by atoms with Crippen molar-refractivity contribution in [2.75, 3.05) is 0 Å². The van der Waals surface area contributed by atoms with E-state index in [4.69, 9.17) is 0 Å². The minimum absolute atomic E-state index is 0. The molecule has 12 heavy (non-hydrogen) atoms. The number of esters is 1. The van der Waals surface area contributed by atoms with Gasteiger partial charge in [-0.15, -0.1) is 0 Å². The van der Waals surface area contributed by atoms with Gasteiger partial charge in [-0.3, -0.25) is 4.79 Å². The van der Waals surface area contributed by atoms with Gasteiger partial charge in [0.2, 0.25) is 0 Å². The maximum Gasteiger partial charge on any atom is 1.00 e. The van der Waals surface area contributed by atoms with Gasteiger partial charge in [0.15, 0.2) is 0 Å². The Morgan fingerprint density at radius 2 is 1.92 bits per heavy atom. The summed E-state index contributed by atoms with van der Waals surface area (Å²) in [5, 5.41) is 0. The van der Waals surface area contributed by atoms with Crippen LogP contribution in [0.25, 0.3) is 0 Å². The summed E-state index contributed by atoms with van der Waals surface area (Å²) in [5.41, 5.74) is 0.375. The van der Waals surface area contributed by atoms with E-state index in [1.165, 1.54) is 0 Å². The van der Waals surface area contributed by atoms with Crippen LogP contribution in [0.15, 0.2) is 30.3 Å². The second-order valence-electron chi connectivity index (χ2n) is 1.87. The molecule has 3 nitrogen and oxygen atoms in total. The molecule has 4 heteroatoms. The molecule has 0 spiro atoms. The Morgan fingerprint density at radius 1 is 1.33 bits per heavy atom. The zero-order valence-electron chi connectivity index (χ0n) is 7.69. The minimum atomic E-state index is -0.624. The summed E-state index contributed by atoms with van der Waals surface area (Å²) < 4.78 is 4.11. The van der Waals surface area contributed by atoms with E-state index in [9.17, 15) is 9.59 Å². The number of carbonyl (C=O) groups excluding carboxylic acids is 2. The van der Waals surface area contributed by atoms with Crippen LogP contribution in [0.2, 0.25) is 0 Å². The van der Waals surface area contributed by atoms with E-state index in [0.29, 0.717) is 5.56 Å². The van der Waals surface area contributed by atoms with Gasteiger partial charge in [-0.2, -0.15) is 0 Å². The minimum Gasteiger partial charge on any atom is -1.00 e. The van der Waals surface area contributed by atoms with Crippen LogP contribution >= 0.6 is 0 Å². The van der Waals surface area contributed by atoms with E-state index >= 15 is 0 Å². The average Bonchev–Trinajstić information content (AvgIpc) is 2.07. The third kappa shape index (κ3) is 3.17. The van der Waals surface area contributed by atoms with Crippen molar-refractivity contribution in [3.63, 3.8) is 0 Å². The van der Waals surface area contributed by atoms with Gasteiger partial charge in [0.25, 0.3) is 0 Å². The fourth-order valence-electron chi connectivity index (χ4n) is 0.686. The molecule has 0 N–H and O–H groups in total. The number of hydrogen-bond donors (Lipinski definition) is 0. The molecule has 1 aromatic carbocycles. The molecule has 0 heterocycles. The zero-order valence-corrected chi connectivity index (χ0v) is 8.69. The van der Waals surface area contributed by atoms with E-state index in [1.807, 2.05) is 0 Å². The van der Waals surface area contributed by atoms with Gasteiger partial charge in [0, 0.05) is 0 Å². The van der Waals surface area contributed by atoms with Gasteiger partial charge < -0.3 is 6.16 Å². The van der Waals surface area contributed by atoms with Crippen molar-refractivity contribution in [3.05, 3.63) is 35.9 Å². The molecule has 1 aromatic rings. The number of carbonyl (C=O) groups is 2. The molecule has 0 aliphatic heterocycles. The molecule has 58 valence electrons. The number of ether oxygens (including phenoxy) is 1. The fourth-order valence-corrected chi connectivity index (χ4v) is 0.686. The number of rotatable bonds is 2. The molecule has 0 saturated carbocycles. The van der Waals surface area contributed by atoms with E-state index in [0.717, 1.165) is 0 Å². The van der Waals surface area contributed by atoms with Crippen LogP contribution in [0.4, 0.5) is 0 Å². The van der Waals surface area contributed by atoms with Crippen LogP contribution < -0.4 is 29.6 Å². The molecule has 0 aliphatic carbocycles. The largest absolute Gasteiger partial charge is 1.00 e. The quantitative estimate of drug-likeness (QED) is 0.228. The summed E-state index contributed by atoms with van der Waals surface area (Å²) in [6.45, 7) is 0.120. The van der Waals surface area contributed by atoms with E-state index < -0.39 is 5.97 Å². The van der Waals surface area contributed by atoms with Crippen molar-refractivity contribution in [2.24, 2.45) is 0 Å². The summed E-state index contributed by atoms with van der Waals surface area (Å²) in [4.78, 5) is 20.5. The average molecular weight is 174 g/mol. The van der Waals surface area contributed by atoms with Crippen molar-refractivity contribution >= 4 is 12.4 Å². The zero-order chi connectivity index (χ0) is 8.10. The second kappa shape index (κ2) is 5.94. The van der Waals surface area contributed by atoms with E-state index in [-0.39, 0.29) is 37.5 Å². The van der Waals surface area contributed by atoms with Crippen LogP contribution in [-0.4, -0.2) is 12.4 Å². The standard InChI is InChI=1S/C8H6O3.Na.H/c9-6-11-8(10)7-4-2-1-3-5-7;;/h1-6H;;/q;+1;-1. The number of hydrogen-bond acceptors (Lipinski definition) is 3. The molecule has 0 aromatic heterocycles. The van der Waals surface area contributed by atoms with Gasteiger partial charge in [-0.25, -0.2) is 4.79 Å². The maximum absolute atomic E-state index is 10.8. The van der Waals surface area contributed by atoms with Crippen molar-refractivity contribution in [1.82, 2.24) is 0 Å². The van der Waals surface area contributed by atoms with Gasteiger partial charge in [0.05, 0.1) is 5.56 Å². The van der Waals surface area contributed by atoms with Crippen LogP contribution in [-0.2, 0) is 9.53 Å². The third-order valence-corrected chi connectivity index (χ3v) is 1.16. The van der Waals surface area contributed by atoms with Gasteiger partial charge >= 0.3 is 42.0 Å². The Hall–Kier alpha value is -0.640. The van der Waals surface area contributed by atoms with Gasteiger partial charge in [-0.1, -0.05) is 18.2 Å². The Balaban J connectivity index is 0. The predicted molar refractivity (Wildman–Crippen MR) is 39.0 cm³/mol. The molecule has 0 fully saturated rings. The van der Waals surface area contributed by atoms with E-state index in [1.54, 1.807) is 30.3 Å². The van der Waals surface area contributed by atoms with Crippen LogP contribution in [0.1, 0.15) is 11.8 Å². The number of benzene rings is 1. The summed E-state index contributed by atoms with van der Waals surface area (Å²) in [7, 11) is 0. The second-order valence-corrected chi connectivity index (χ2v) is 1.87. The first kappa shape index (κ1) is 11.4. The van der Waals surface area contributed by atoms with Crippen molar-refractivity contribution in [3.8, 4) is 0 Å². The Kier molecular flexibility index (Phi) is 5.62. The fraction of sp³-hybridized carbons (Fsp3) is 0. The summed E-state index contributed by atoms with van der Waals surface area (Å²) in [5.74, 6) is -0.624. The first-order valence-corrected chi connectivity index (χ1v) is 3.04. The SMILES string of the molecule is O=COC(=O)c1ccccc1.[H-].[Na+]. The van der Waals surface area contributed by atoms with Crippen molar-refractivity contribution in [1.29, 1.82) is 0 Å². The summed E-state index contributed by atoms with van der Waals surface area (Å²) in [6, 6.07) is 8.32. The van der Waals surface area contributed by atoms with Gasteiger partial charge in [0.1, 0.15) is 0 Å². The topological polar surface area (TPSA) is 43.4 Å². The molecule has 0 atom stereocenters. The van der Waals surface area contributed by atoms with E-state index in [2.05, 4.69) is 4.74 Å². The monoisotopic (exact) mass is 174 g/mol. The third-order valence-electron chi connectivity index (χ3n) is 1.16. The predicted octanol–water partition coefficient (Wildman–Crippen LogP) is -1.88. The molecule has 0 bridgehead atoms. The summed E-state index contributed by atoms with van der Waals surface area (Å²) >= 11 is 0. The summed E-state index contributed by atoms with van der Waals surface area (Å²) in [6.07, 6.45) is 0. The molecule has 1 rings (SSSR count). The van der Waals surface area contributed by atoms with Gasteiger partial charge in [-0.05, 0) is 12.1 Å². The Labute approximate surface area is 93.5 Å². The van der Waals surface area contributed by atoms with Crippen LogP contribution in [0.3, 0.4) is 0 Å². The van der Waals surface area contributed by atoms with Crippen molar-refractivity contribution < 1.29 is 45.3 Å². The smallest absolute Gasteiger partial charge is 1.00 e. The molecule has 0 amide bonds. The van der Waals surface area contributed by atoms with Crippen molar-refractivity contribution in [2.45, 2.75) is 0 Å². The first-order chi connectivity index (χ1) is 5.34.